The van der Waals surface area contributed by atoms with E-state index in [2.05, 4.69) is 24.4 Å². The lowest BCUT2D eigenvalue weighted by Gasteiger charge is -2.09. The van der Waals surface area contributed by atoms with Crippen LogP contribution in [0.5, 0.6) is 11.5 Å². The molecule has 0 radical (unpaired) electrons. The van der Waals surface area contributed by atoms with E-state index in [0.717, 1.165) is 36.8 Å². The molecule has 2 aromatic rings. The topological polar surface area (TPSA) is 30.5 Å². The number of hydrogen-bond acceptors (Lipinski definition) is 3. The van der Waals surface area contributed by atoms with Gasteiger partial charge in [-0.15, -0.1) is 0 Å². The first-order valence-corrected chi connectivity index (χ1v) is 7.50. The fourth-order valence-electron chi connectivity index (χ4n) is 1.96. The number of benzene rings is 2. The van der Waals surface area contributed by atoms with Crippen LogP contribution < -0.4 is 14.8 Å². The summed E-state index contributed by atoms with van der Waals surface area (Å²) >= 11 is 0. The maximum Gasteiger partial charge on any atom is 0.119 e. The van der Waals surface area contributed by atoms with E-state index in [0.29, 0.717) is 6.61 Å². The Labute approximate surface area is 126 Å². The van der Waals surface area contributed by atoms with Gasteiger partial charge in [-0.25, -0.2) is 0 Å². The SMILES string of the molecule is CCCOc1ccc(CNc2ccc(OCC)cc2)cc1. The lowest BCUT2D eigenvalue weighted by Crippen LogP contribution is -2.00. The lowest BCUT2D eigenvalue weighted by atomic mass is 10.2. The van der Waals surface area contributed by atoms with Crippen LogP contribution in [0.25, 0.3) is 0 Å². The molecule has 3 heteroatoms. The Bertz CT molecular complexity index is 520. The van der Waals surface area contributed by atoms with Crippen LogP contribution in [0.3, 0.4) is 0 Å². The standard InChI is InChI=1S/C18H23NO2/c1-3-13-21-18-9-5-15(6-10-18)14-19-16-7-11-17(12-8-16)20-4-2/h5-12,19H,3-4,13-14H2,1-2H3. The highest BCUT2D eigenvalue weighted by atomic mass is 16.5. The highest BCUT2D eigenvalue weighted by Gasteiger charge is 1.97. The number of ether oxygens (including phenoxy) is 2. The van der Waals surface area contributed by atoms with Crippen LogP contribution in [0.4, 0.5) is 5.69 Å². The van der Waals surface area contributed by atoms with Crippen LogP contribution >= 0.6 is 0 Å². The van der Waals surface area contributed by atoms with E-state index in [-0.39, 0.29) is 0 Å². The van der Waals surface area contributed by atoms with E-state index >= 15 is 0 Å². The smallest absolute Gasteiger partial charge is 0.119 e. The molecule has 0 bridgehead atoms. The van der Waals surface area contributed by atoms with Crippen LogP contribution in [-0.4, -0.2) is 13.2 Å². The summed E-state index contributed by atoms with van der Waals surface area (Å²) in [6.45, 7) is 6.35. The van der Waals surface area contributed by atoms with Crippen LogP contribution in [0.1, 0.15) is 25.8 Å². The quantitative estimate of drug-likeness (QED) is 0.775. The number of rotatable bonds is 8. The van der Waals surface area contributed by atoms with Crippen molar-refractivity contribution in [2.75, 3.05) is 18.5 Å². The predicted octanol–water partition coefficient (Wildman–Crippen LogP) is 4.49. The van der Waals surface area contributed by atoms with E-state index in [4.69, 9.17) is 9.47 Å². The molecule has 0 saturated carbocycles. The van der Waals surface area contributed by atoms with Gasteiger partial charge in [-0.1, -0.05) is 19.1 Å². The maximum absolute atomic E-state index is 5.57. The molecule has 0 aliphatic carbocycles. The van der Waals surface area contributed by atoms with Gasteiger partial charge in [0.2, 0.25) is 0 Å². The molecule has 0 saturated heterocycles. The second-order valence-corrected chi connectivity index (χ2v) is 4.80. The van der Waals surface area contributed by atoms with Crippen molar-refractivity contribution in [2.24, 2.45) is 0 Å². The third-order valence-corrected chi connectivity index (χ3v) is 3.06. The normalized spacial score (nSPS) is 10.2. The summed E-state index contributed by atoms with van der Waals surface area (Å²) in [7, 11) is 0. The van der Waals surface area contributed by atoms with E-state index in [1.807, 2.05) is 43.3 Å². The van der Waals surface area contributed by atoms with Gasteiger partial charge in [0.15, 0.2) is 0 Å². The molecular formula is C18H23NO2. The first-order valence-electron chi connectivity index (χ1n) is 7.50. The average molecular weight is 285 g/mol. The van der Waals surface area contributed by atoms with E-state index in [9.17, 15) is 0 Å². The summed E-state index contributed by atoms with van der Waals surface area (Å²) in [5.74, 6) is 1.84. The van der Waals surface area contributed by atoms with Crippen LogP contribution in [0.2, 0.25) is 0 Å². The van der Waals surface area contributed by atoms with E-state index in [1.54, 1.807) is 0 Å². The summed E-state index contributed by atoms with van der Waals surface area (Å²) < 4.78 is 11.0. The van der Waals surface area contributed by atoms with Gasteiger partial charge in [0.25, 0.3) is 0 Å². The van der Waals surface area contributed by atoms with Crippen LogP contribution in [0.15, 0.2) is 48.5 Å². The van der Waals surface area contributed by atoms with Gasteiger partial charge >= 0.3 is 0 Å². The zero-order valence-corrected chi connectivity index (χ0v) is 12.8. The number of anilines is 1. The molecule has 1 N–H and O–H groups in total. The Balaban J connectivity index is 1.84. The van der Waals surface area contributed by atoms with E-state index in [1.165, 1.54) is 5.56 Å². The third-order valence-electron chi connectivity index (χ3n) is 3.06. The predicted molar refractivity (Wildman–Crippen MR) is 87.2 cm³/mol. The first kappa shape index (κ1) is 15.2. The first-order chi connectivity index (χ1) is 10.3. The zero-order valence-electron chi connectivity index (χ0n) is 12.8. The van der Waals surface area contributed by atoms with Crippen molar-refractivity contribution in [1.29, 1.82) is 0 Å². The molecule has 0 fully saturated rings. The molecular weight excluding hydrogens is 262 g/mol. The number of hydrogen-bond donors (Lipinski definition) is 1. The van der Waals surface area contributed by atoms with Gasteiger partial charge in [-0.2, -0.15) is 0 Å². The van der Waals surface area contributed by atoms with Gasteiger partial charge < -0.3 is 14.8 Å². The minimum Gasteiger partial charge on any atom is -0.494 e. The molecule has 0 aromatic heterocycles. The number of nitrogens with one attached hydrogen (secondary N) is 1. The van der Waals surface area contributed by atoms with Crippen LogP contribution in [-0.2, 0) is 6.54 Å². The van der Waals surface area contributed by atoms with Crippen molar-refractivity contribution >= 4 is 5.69 Å². The summed E-state index contributed by atoms with van der Waals surface area (Å²) in [5, 5.41) is 3.40. The summed E-state index contributed by atoms with van der Waals surface area (Å²) in [6, 6.07) is 16.2. The average Bonchev–Trinajstić information content (AvgIpc) is 2.53. The van der Waals surface area contributed by atoms with Gasteiger partial charge in [0, 0.05) is 12.2 Å². The summed E-state index contributed by atoms with van der Waals surface area (Å²) in [5.41, 5.74) is 2.32. The molecule has 2 aromatic carbocycles. The van der Waals surface area contributed by atoms with Gasteiger partial charge in [-0.3, -0.25) is 0 Å². The molecule has 0 unspecified atom stereocenters. The Kier molecular flexibility index (Phi) is 5.95. The van der Waals surface area contributed by atoms with Crippen LogP contribution in [0, 0.1) is 0 Å². The summed E-state index contributed by atoms with van der Waals surface area (Å²) in [4.78, 5) is 0. The Morgan fingerprint density at radius 2 is 1.43 bits per heavy atom. The van der Waals surface area contributed by atoms with Crippen molar-refractivity contribution in [1.82, 2.24) is 0 Å². The fourth-order valence-corrected chi connectivity index (χ4v) is 1.96. The Morgan fingerprint density at radius 3 is 2.05 bits per heavy atom. The second-order valence-electron chi connectivity index (χ2n) is 4.80. The monoisotopic (exact) mass is 285 g/mol. The highest BCUT2D eigenvalue weighted by Crippen LogP contribution is 2.17. The van der Waals surface area contributed by atoms with E-state index < -0.39 is 0 Å². The van der Waals surface area contributed by atoms with Gasteiger partial charge in [0.1, 0.15) is 11.5 Å². The molecule has 3 nitrogen and oxygen atoms in total. The molecule has 0 aliphatic rings. The molecule has 0 atom stereocenters. The fraction of sp³-hybridized carbons (Fsp3) is 0.333. The van der Waals surface area contributed by atoms with Crippen molar-refractivity contribution < 1.29 is 9.47 Å². The Hall–Kier alpha value is -2.16. The van der Waals surface area contributed by atoms with Crippen molar-refractivity contribution in [3.05, 3.63) is 54.1 Å². The Morgan fingerprint density at radius 1 is 0.810 bits per heavy atom. The van der Waals surface area contributed by atoms with Crippen molar-refractivity contribution in [2.45, 2.75) is 26.8 Å². The summed E-state index contributed by atoms with van der Waals surface area (Å²) in [6.07, 6.45) is 1.03. The maximum atomic E-state index is 5.57. The minimum atomic E-state index is 0.694. The minimum absolute atomic E-state index is 0.694. The molecule has 112 valence electrons. The largest absolute Gasteiger partial charge is 0.494 e. The van der Waals surface area contributed by atoms with Gasteiger partial charge in [-0.05, 0) is 55.3 Å². The molecule has 21 heavy (non-hydrogen) atoms. The molecule has 0 aliphatic heterocycles. The highest BCUT2D eigenvalue weighted by molar-refractivity contribution is 5.47. The third kappa shape index (κ3) is 5.03. The lowest BCUT2D eigenvalue weighted by molar-refractivity contribution is 0.317. The molecule has 0 spiro atoms. The van der Waals surface area contributed by atoms with Crippen molar-refractivity contribution in [3.8, 4) is 11.5 Å². The molecule has 0 amide bonds. The molecule has 2 rings (SSSR count). The second kappa shape index (κ2) is 8.20. The van der Waals surface area contributed by atoms with Crippen molar-refractivity contribution in [3.63, 3.8) is 0 Å². The molecule has 0 heterocycles. The van der Waals surface area contributed by atoms with Gasteiger partial charge in [0.05, 0.1) is 13.2 Å². The zero-order chi connectivity index (χ0) is 14.9.